The third kappa shape index (κ3) is 72.0. The predicted molar refractivity (Wildman–Crippen MR) is 56.2 cm³/mol. The van der Waals surface area contributed by atoms with Gasteiger partial charge in [0.25, 0.3) is 0 Å². The third-order valence-electron chi connectivity index (χ3n) is 1.13. The molecule has 1 nitrogen and oxygen atoms in total. The first-order chi connectivity index (χ1) is 5.18. The normalized spacial score (nSPS) is 7.64. The Balaban J connectivity index is -0.0000000965. The smallest absolute Gasteiger partial charge is 0.00533 e. The summed E-state index contributed by atoms with van der Waals surface area (Å²) in [5, 5.41) is 0. The number of rotatable bonds is 2. The van der Waals surface area contributed by atoms with Crippen molar-refractivity contribution in [3.8, 4) is 0 Å². The summed E-state index contributed by atoms with van der Waals surface area (Å²) in [4.78, 5) is 2.12. The minimum atomic E-state index is 1.14. The van der Waals surface area contributed by atoms with Gasteiger partial charge in [0.2, 0.25) is 0 Å². The molecule has 0 aromatic carbocycles. The van der Waals surface area contributed by atoms with Crippen LogP contribution in [0.15, 0.2) is 0 Å². The maximum absolute atomic E-state index is 2.18. The SMILES string of the molecule is CC.CCCC.CCN(C)C. The lowest BCUT2D eigenvalue weighted by Crippen LogP contribution is -2.08. The van der Waals surface area contributed by atoms with Crippen molar-refractivity contribution < 1.29 is 0 Å². The first kappa shape index (κ1) is 17.2. The van der Waals surface area contributed by atoms with Gasteiger partial charge in [0.15, 0.2) is 0 Å². The van der Waals surface area contributed by atoms with E-state index in [1.165, 1.54) is 12.8 Å². The van der Waals surface area contributed by atoms with E-state index in [1.807, 2.05) is 13.8 Å². The quantitative estimate of drug-likeness (QED) is 0.600. The minimum Gasteiger partial charge on any atom is -0.310 e. The lowest BCUT2D eigenvalue weighted by atomic mass is 10.4. The molecule has 0 aliphatic carbocycles. The minimum absolute atomic E-state index is 1.14. The lowest BCUT2D eigenvalue weighted by Gasteiger charge is -2.00. The first-order valence-electron chi connectivity index (χ1n) is 4.83. The molecule has 0 bridgehead atoms. The van der Waals surface area contributed by atoms with Crippen molar-refractivity contribution in [2.75, 3.05) is 20.6 Å². The summed E-state index contributed by atoms with van der Waals surface area (Å²) in [5.41, 5.74) is 0. The molecule has 0 aliphatic heterocycles. The Kier molecular flexibility index (Phi) is 35.1. The second kappa shape index (κ2) is 22.5. The van der Waals surface area contributed by atoms with Gasteiger partial charge in [0, 0.05) is 0 Å². The van der Waals surface area contributed by atoms with Crippen molar-refractivity contribution in [1.82, 2.24) is 4.90 Å². The Labute approximate surface area is 73.8 Å². The fourth-order valence-corrected chi connectivity index (χ4v) is 0. The summed E-state index contributed by atoms with van der Waals surface area (Å²) in [6.45, 7) is 11.6. The molecule has 0 atom stereocenters. The second-order valence-electron chi connectivity index (χ2n) is 2.40. The molecule has 0 saturated carbocycles. The zero-order valence-corrected chi connectivity index (χ0v) is 9.57. The van der Waals surface area contributed by atoms with Gasteiger partial charge in [-0.1, -0.05) is 47.5 Å². The highest BCUT2D eigenvalue weighted by Gasteiger charge is 1.72. The van der Waals surface area contributed by atoms with Gasteiger partial charge in [-0.15, -0.1) is 0 Å². The molecule has 1 heteroatoms. The summed E-state index contributed by atoms with van der Waals surface area (Å²) < 4.78 is 0. The van der Waals surface area contributed by atoms with E-state index in [9.17, 15) is 0 Å². The van der Waals surface area contributed by atoms with Crippen molar-refractivity contribution in [3.63, 3.8) is 0 Å². The van der Waals surface area contributed by atoms with E-state index in [2.05, 4.69) is 39.8 Å². The molecule has 0 rings (SSSR count). The Hall–Kier alpha value is -0.0400. The zero-order chi connectivity index (χ0) is 9.70. The van der Waals surface area contributed by atoms with E-state index in [0.29, 0.717) is 0 Å². The van der Waals surface area contributed by atoms with E-state index < -0.39 is 0 Å². The van der Waals surface area contributed by atoms with Crippen molar-refractivity contribution in [3.05, 3.63) is 0 Å². The molecule has 0 aromatic heterocycles. The molecule has 0 fully saturated rings. The van der Waals surface area contributed by atoms with Crippen molar-refractivity contribution >= 4 is 0 Å². The van der Waals surface area contributed by atoms with Gasteiger partial charge in [-0.2, -0.15) is 0 Å². The Morgan fingerprint density at radius 3 is 1.00 bits per heavy atom. The van der Waals surface area contributed by atoms with Crippen LogP contribution in [0.2, 0.25) is 0 Å². The van der Waals surface area contributed by atoms with E-state index in [1.54, 1.807) is 0 Å². The van der Waals surface area contributed by atoms with Gasteiger partial charge in [0.1, 0.15) is 0 Å². The van der Waals surface area contributed by atoms with Crippen LogP contribution in [0.3, 0.4) is 0 Å². The molecule has 0 heterocycles. The number of hydrogen-bond acceptors (Lipinski definition) is 1. The topological polar surface area (TPSA) is 3.24 Å². The van der Waals surface area contributed by atoms with E-state index >= 15 is 0 Å². The summed E-state index contributed by atoms with van der Waals surface area (Å²) in [5.74, 6) is 0. The van der Waals surface area contributed by atoms with Crippen LogP contribution in [0.1, 0.15) is 47.5 Å². The summed E-state index contributed by atoms with van der Waals surface area (Å²) >= 11 is 0. The van der Waals surface area contributed by atoms with E-state index in [0.717, 1.165) is 6.54 Å². The molecular weight excluding hydrogens is 134 g/mol. The third-order valence-corrected chi connectivity index (χ3v) is 1.13. The van der Waals surface area contributed by atoms with Gasteiger partial charge in [-0.25, -0.2) is 0 Å². The van der Waals surface area contributed by atoms with Crippen LogP contribution in [-0.4, -0.2) is 25.5 Å². The molecule has 0 aromatic rings. The van der Waals surface area contributed by atoms with Crippen LogP contribution < -0.4 is 0 Å². The van der Waals surface area contributed by atoms with E-state index in [-0.39, 0.29) is 0 Å². The van der Waals surface area contributed by atoms with Gasteiger partial charge in [-0.05, 0) is 20.6 Å². The van der Waals surface area contributed by atoms with Crippen molar-refractivity contribution in [1.29, 1.82) is 0 Å². The Bertz CT molecular complexity index is 31.9. The Morgan fingerprint density at radius 2 is 1.00 bits per heavy atom. The van der Waals surface area contributed by atoms with E-state index in [4.69, 9.17) is 0 Å². The van der Waals surface area contributed by atoms with Gasteiger partial charge in [0.05, 0.1) is 0 Å². The second-order valence-corrected chi connectivity index (χ2v) is 2.40. The molecule has 0 saturated heterocycles. The summed E-state index contributed by atoms with van der Waals surface area (Å²) in [6.07, 6.45) is 2.64. The molecule has 72 valence electrons. The lowest BCUT2D eigenvalue weighted by molar-refractivity contribution is 0.434. The average molecular weight is 161 g/mol. The van der Waals surface area contributed by atoms with Gasteiger partial charge < -0.3 is 4.90 Å². The summed E-state index contributed by atoms with van der Waals surface area (Å²) in [6, 6.07) is 0. The molecule has 0 spiro atoms. The highest BCUT2D eigenvalue weighted by Crippen LogP contribution is 1.76. The standard InChI is InChI=1S/C4H11N.C4H10.C2H6/c1-4-5(2)3;1-3-4-2;1-2/h4H2,1-3H3;3-4H2,1-2H3;1-2H3. The van der Waals surface area contributed by atoms with Crippen LogP contribution in [0.25, 0.3) is 0 Å². The molecule has 0 radical (unpaired) electrons. The van der Waals surface area contributed by atoms with Crippen molar-refractivity contribution in [2.24, 2.45) is 0 Å². The monoisotopic (exact) mass is 161 g/mol. The van der Waals surface area contributed by atoms with Gasteiger partial charge in [-0.3, -0.25) is 0 Å². The van der Waals surface area contributed by atoms with Crippen LogP contribution in [0, 0.1) is 0 Å². The molecule has 0 unspecified atom stereocenters. The highest BCUT2D eigenvalue weighted by atomic mass is 15.0. The number of unbranched alkanes of at least 4 members (excludes halogenated alkanes) is 1. The summed E-state index contributed by atoms with van der Waals surface area (Å²) in [7, 11) is 4.11. The fraction of sp³-hybridized carbons (Fsp3) is 1.00. The van der Waals surface area contributed by atoms with Crippen LogP contribution in [0.4, 0.5) is 0 Å². The maximum atomic E-state index is 2.18. The molecule has 0 N–H and O–H groups in total. The molecule has 0 amide bonds. The predicted octanol–water partition coefficient (Wildman–Crippen LogP) is 3.40. The molecule has 0 aliphatic rings. The van der Waals surface area contributed by atoms with Gasteiger partial charge >= 0.3 is 0 Å². The van der Waals surface area contributed by atoms with Crippen LogP contribution in [0.5, 0.6) is 0 Å². The molecular formula is C10H27N. The largest absolute Gasteiger partial charge is 0.310 e. The van der Waals surface area contributed by atoms with Crippen LogP contribution >= 0.6 is 0 Å². The highest BCUT2D eigenvalue weighted by molar-refractivity contribution is 4.25. The van der Waals surface area contributed by atoms with Crippen LogP contribution in [-0.2, 0) is 0 Å². The first-order valence-corrected chi connectivity index (χ1v) is 4.83. The number of nitrogens with zero attached hydrogens (tertiary/aromatic N) is 1. The molecule has 11 heavy (non-hydrogen) atoms. The Morgan fingerprint density at radius 1 is 0.818 bits per heavy atom. The zero-order valence-electron chi connectivity index (χ0n) is 9.57. The fourth-order valence-electron chi connectivity index (χ4n) is 0. The average Bonchev–Trinajstić information content (AvgIpc) is 2.08. The maximum Gasteiger partial charge on any atom is -0.00533 e. The van der Waals surface area contributed by atoms with Crippen molar-refractivity contribution in [2.45, 2.75) is 47.5 Å². The number of hydrogen-bond donors (Lipinski definition) is 0.